The molecule has 0 fully saturated rings. The normalized spacial score (nSPS) is 11.1. The molecule has 0 aliphatic carbocycles. The van der Waals surface area contributed by atoms with Gasteiger partial charge in [-0.05, 0) is 42.3 Å². The quantitative estimate of drug-likeness (QED) is 0.558. The fourth-order valence-corrected chi connectivity index (χ4v) is 3.13. The number of para-hydroxylation sites is 2. The van der Waals surface area contributed by atoms with Crippen molar-refractivity contribution in [2.24, 2.45) is 0 Å². The van der Waals surface area contributed by atoms with Gasteiger partial charge in [0.25, 0.3) is 0 Å². The van der Waals surface area contributed by atoms with Crippen LogP contribution in [-0.2, 0) is 13.0 Å². The van der Waals surface area contributed by atoms with E-state index in [2.05, 4.69) is 66.1 Å². The summed E-state index contributed by atoms with van der Waals surface area (Å²) >= 11 is 0. The molecule has 4 rings (SSSR count). The van der Waals surface area contributed by atoms with E-state index in [9.17, 15) is 0 Å². The molecule has 0 amide bonds. The Morgan fingerprint density at radius 1 is 0.840 bits per heavy atom. The van der Waals surface area contributed by atoms with Gasteiger partial charge in [-0.2, -0.15) is 0 Å². The smallest absolute Gasteiger partial charge is 0.114 e. The summed E-state index contributed by atoms with van der Waals surface area (Å²) in [4.78, 5) is 4.88. The number of nitrogens with two attached hydrogens (primary N) is 1. The van der Waals surface area contributed by atoms with Crippen molar-refractivity contribution in [3.8, 4) is 0 Å². The van der Waals surface area contributed by atoms with Crippen LogP contribution in [0.15, 0.2) is 72.8 Å². The van der Waals surface area contributed by atoms with E-state index >= 15 is 0 Å². The maximum Gasteiger partial charge on any atom is 0.114 e. The number of hydrogen-bond donors (Lipinski definition) is 1. The van der Waals surface area contributed by atoms with Gasteiger partial charge in [0.15, 0.2) is 0 Å². The molecule has 25 heavy (non-hydrogen) atoms. The third-order valence-electron chi connectivity index (χ3n) is 4.54. The van der Waals surface area contributed by atoms with Crippen LogP contribution in [0.3, 0.4) is 0 Å². The standard InChI is InChI=1S/C22H21N3/c1-16-6-8-18(9-7-16)15-25-21-5-3-2-4-20(21)24-22(25)14-17-10-12-19(23)13-11-17/h2-13H,14-15,23H2,1H3. The molecule has 0 radical (unpaired) electrons. The second-order valence-electron chi connectivity index (χ2n) is 6.51. The van der Waals surface area contributed by atoms with Gasteiger partial charge in [0.1, 0.15) is 5.82 Å². The van der Waals surface area contributed by atoms with Crippen LogP contribution in [-0.4, -0.2) is 9.55 Å². The van der Waals surface area contributed by atoms with Gasteiger partial charge in [-0.3, -0.25) is 0 Å². The molecule has 0 bridgehead atoms. The molecule has 1 aromatic heterocycles. The molecular formula is C22H21N3. The minimum absolute atomic E-state index is 0.789. The first-order chi connectivity index (χ1) is 12.2. The second-order valence-corrected chi connectivity index (χ2v) is 6.51. The van der Waals surface area contributed by atoms with Crippen molar-refractivity contribution >= 4 is 16.7 Å². The predicted octanol–water partition coefficient (Wildman–Crippen LogP) is 4.57. The zero-order valence-corrected chi connectivity index (χ0v) is 14.3. The zero-order valence-electron chi connectivity index (χ0n) is 14.3. The van der Waals surface area contributed by atoms with Crippen molar-refractivity contribution in [3.63, 3.8) is 0 Å². The number of benzene rings is 3. The first-order valence-electron chi connectivity index (χ1n) is 8.53. The minimum Gasteiger partial charge on any atom is -0.399 e. The SMILES string of the molecule is Cc1ccc(Cn2c(Cc3ccc(N)cc3)nc3ccccc32)cc1. The lowest BCUT2D eigenvalue weighted by Gasteiger charge is -2.10. The summed E-state index contributed by atoms with van der Waals surface area (Å²) in [5.74, 6) is 1.08. The van der Waals surface area contributed by atoms with Gasteiger partial charge in [0.2, 0.25) is 0 Å². The summed E-state index contributed by atoms with van der Waals surface area (Å²) in [5.41, 5.74) is 12.6. The Morgan fingerprint density at radius 2 is 1.52 bits per heavy atom. The lowest BCUT2D eigenvalue weighted by Crippen LogP contribution is -2.06. The van der Waals surface area contributed by atoms with Gasteiger partial charge < -0.3 is 10.3 Å². The highest BCUT2D eigenvalue weighted by atomic mass is 15.1. The fourth-order valence-electron chi connectivity index (χ4n) is 3.13. The molecule has 3 heteroatoms. The first-order valence-corrected chi connectivity index (χ1v) is 8.53. The van der Waals surface area contributed by atoms with Crippen LogP contribution in [0.4, 0.5) is 5.69 Å². The van der Waals surface area contributed by atoms with Gasteiger partial charge in [-0.1, -0.05) is 54.1 Å². The van der Waals surface area contributed by atoms with E-state index in [4.69, 9.17) is 10.7 Å². The third kappa shape index (κ3) is 3.26. The van der Waals surface area contributed by atoms with Gasteiger partial charge in [-0.25, -0.2) is 4.98 Å². The number of aryl methyl sites for hydroxylation is 1. The highest BCUT2D eigenvalue weighted by Gasteiger charge is 2.11. The Labute approximate surface area is 147 Å². The molecule has 0 saturated carbocycles. The van der Waals surface area contributed by atoms with E-state index in [1.165, 1.54) is 22.2 Å². The molecule has 1 heterocycles. The molecule has 2 N–H and O–H groups in total. The van der Waals surface area contributed by atoms with Crippen LogP contribution in [0.5, 0.6) is 0 Å². The van der Waals surface area contributed by atoms with E-state index in [0.717, 1.165) is 30.0 Å². The number of imidazole rings is 1. The second kappa shape index (κ2) is 6.44. The van der Waals surface area contributed by atoms with Crippen molar-refractivity contribution < 1.29 is 0 Å². The summed E-state index contributed by atoms with van der Waals surface area (Å²) in [7, 11) is 0. The molecule has 4 aromatic rings. The van der Waals surface area contributed by atoms with E-state index in [0.29, 0.717) is 0 Å². The minimum atomic E-state index is 0.789. The first kappa shape index (κ1) is 15.5. The number of nitrogens with zero attached hydrogens (tertiary/aromatic N) is 2. The van der Waals surface area contributed by atoms with Crippen LogP contribution in [0.25, 0.3) is 11.0 Å². The Hall–Kier alpha value is -3.07. The number of hydrogen-bond acceptors (Lipinski definition) is 2. The molecule has 0 aliphatic heterocycles. The lowest BCUT2D eigenvalue weighted by molar-refractivity contribution is 0.762. The summed E-state index contributed by atoms with van der Waals surface area (Å²) in [6, 6.07) is 25.1. The Kier molecular flexibility index (Phi) is 3.98. The third-order valence-corrected chi connectivity index (χ3v) is 4.54. The molecule has 0 aliphatic rings. The van der Waals surface area contributed by atoms with Crippen molar-refractivity contribution in [3.05, 3.63) is 95.3 Å². The van der Waals surface area contributed by atoms with Crippen molar-refractivity contribution in [1.29, 1.82) is 0 Å². The van der Waals surface area contributed by atoms with Crippen molar-refractivity contribution in [1.82, 2.24) is 9.55 Å². The predicted molar refractivity (Wildman–Crippen MR) is 104 cm³/mol. The average Bonchev–Trinajstić information content (AvgIpc) is 2.96. The topological polar surface area (TPSA) is 43.8 Å². The molecule has 3 aromatic carbocycles. The van der Waals surface area contributed by atoms with Crippen molar-refractivity contribution in [2.45, 2.75) is 19.9 Å². The summed E-state index contributed by atoms with van der Waals surface area (Å²) in [6.07, 6.45) is 0.792. The largest absolute Gasteiger partial charge is 0.399 e. The molecule has 124 valence electrons. The van der Waals surface area contributed by atoms with Gasteiger partial charge in [-0.15, -0.1) is 0 Å². The van der Waals surface area contributed by atoms with E-state index in [-0.39, 0.29) is 0 Å². The van der Waals surface area contributed by atoms with Crippen LogP contribution in [0.2, 0.25) is 0 Å². The van der Waals surface area contributed by atoms with Crippen LogP contribution in [0.1, 0.15) is 22.5 Å². The Balaban J connectivity index is 1.74. The van der Waals surface area contributed by atoms with E-state index in [1.807, 2.05) is 18.2 Å². The molecular weight excluding hydrogens is 306 g/mol. The molecule has 0 spiro atoms. The monoisotopic (exact) mass is 327 g/mol. The molecule has 0 unspecified atom stereocenters. The van der Waals surface area contributed by atoms with Gasteiger partial charge in [0.05, 0.1) is 11.0 Å². The Bertz CT molecular complexity index is 996. The highest BCUT2D eigenvalue weighted by molar-refractivity contribution is 5.76. The number of fused-ring (bicyclic) bond motifs is 1. The maximum absolute atomic E-state index is 5.80. The summed E-state index contributed by atoms with van der Waals surface area (Å²) in [6.45, 7) is 2.94. The lowest BCUT2D eigenvalue weighted by atomic mass is 10.1. The number of nitrogen functional groups attached to an aromatic ring is 1. The number of rotatable bonds is 4. The molecule has 0 saturated heterocycles. The zero-order chi connectivity index (χ0) is 17.2. The molecule has 0 atom stereocenters. The van der Waals surface area contributed by atoms with Gasteiger partial charge in [0, 0.05) is 18.7 Å². The van der Waals surface area contributed by atoms with Crippen LogP contribution < -0.4 is 5.73 Å². The fraction of sp³-hybridized carbons (Fsp3) is 0.136. The molecule has 3 nitrogen and oxygen atoms in total. The van der Waals surface area contributed by atoms with Crippen LogP contribution in [0, 0.1) is 6.92 Å². The number of aromatic nitrogens is 2. The number of anilines is 1. The Morgan fingerprint density at radius 3 is 2.28 bits per heavy atom. The van der Waals surface area contributed by atoms with E-state index in [1.54, 1.807) is 0 Å². The van der Waals surface area contributed by atoms with Gasteiger partial charge >= 0.3 is 0 Å². The average molecular weight is 327 g/mol. The van der Waals surface area contributed by atoms with Crippen molar-refractivity contribution in [2.75, 3.05) is 5.73 Å². The van der Waals surface area contributed by atoms with E-state index < -0.39 is 0 Å². The summed E-state index contributed by atoms with van der Waals surface area (Å²) < 4.78 is 2.32. The summed E-state index contributed by atoms with van der Waals surface area (Å²) in [5, 5.41) is 0. The highest BCUT2D eigenvalue weighted by Crippen LogP contribution is 2.21. The van der Waals surface area contributed by atoms with Crippen LogP contribution >= 0.6 is 0 Å². The maximum atomic E-state index is 5.80.